The second-order valence-electron chi connectivity index (χ2n) is 8.73. The predicted octanol–water partition coefficient (Wildman–Crippen LogP) is 3.63. The number of likely N-dealkylation sites (N-methyl/N-ethyl adjacent to an activating group) is 1. The van der Waals surface area contributed by atoms with E-state index in [0.29, 0.717) is 13.2 Å². The maximum absolute atomic E-state index is 12.7. The number of rotatable bonds is 8. The number of amides is 2. The third kappa shape index (κ3) is 7.03. The van der Waals surface area contributed by atoms with Gasteiger partial charge in [-0.2, -0.15) is 0 Å². The Balaban J connectivity index is 1.84. The lowest BCUT2D eigenvalue weighted by Crippen LogP contribution is -2.47. The molecule has 0 aliphatic carbocycles. The van der Waals surface area contributed by atoms with Crippen LogP contribution in [0.15, 0.2) is 24.3 Å². The van der Waals surface area contributed by atoms with Crippen molar-refractivity contribution in [3.63, 3.8) is 0 Å². The SMILES string of the molecule is CCN(CC)CCOc1ccc(NC(=O)C2CCCN(C(=O)C(C)(C)C)C2)cc1. The first-order chi connectivity index (χ1) is 13.7. The minimum absolute atomic E-state index is 0.0217. The van der Waals surface area contributed by atoms with E-state index in [1.54, 1.807) is 0 Å². The molecule has 1 aliphatic heterocycles. The normalized spacial score (nSPS) is 17.3. The van der Waals surface area contributed by atoms with E-state index < -0.39 is 5.41 Å². The van der Waals surface area contributed by atoms with Crippen molar-refractivity contribution in [2.75, 3.05) is 44.6 Å². The molecule has 0 radical (unpaired) electrons. The van der Waals surface area contributed by atoms with Gasteiger partial charge in [0.05, 0.1) is 5.92 Å². The van der Waals surface area contributed by atoms with Crippen LogP contribution in [0, 0.1) is 11.3 Å². The van der Waals surface area contributed by atoms with Gasteiger partial charge in [-0.1, -0.05) is 34.6 Å². The van der Waals surface area contributed by atoms with Crippen molar-refractivity contribution in [1.82, 2.24) is 9.80 Å². The van der Waals surface area contributed by atoms with Crippen molar-refractivity contribution in [1.29, 1.82) is 0 Å². The quantitative estimate of drug-likeness (QED) is 0.720. The first-order valence-electron chi connectivity index (χ1n) is 10.8. The number of ether oxygens (including phenoxy) is 1. The van der Waals surface area contributed by atoms with E-state index in [9.17, 15) is 9.59 Å². The molecule has 1 aliphatic rings. The smallest absolute Gasteiger partial charge is 0.229 e. The standard InChI is InChI=1S/C23H37N3O3/c1-6-25(7-2)15-16-29-20-12-10-19(11-13-20)24-21(27)18-9-8-14-26(17-18)22(28)23(3,4)5/h10-13,18H,6-9,14-17H2,1-5H3,(H,24,27). The molecule has 1 heterocycles. The first-order valence-corrected chi connectivity index (χ1v) is 10.8. The van der Waals surface area contributed by atoms with Gasteiger partial charge in [-0.05, 0) is 50.2 Å². The summed E-state index contributed by atoms with van der Waals surface area (Å²) < 4.78 is 5.79. The zero-order valence-corrected chi connectivity index (χ0v) is 18.7. The van der Waals surface area contributed by atoms with Crippen LogP contribution in [0.25, 0.3) is 0 Å². The van der Waals surface area contributed by atoms with Crippen LogP contribution in [0.2, 0.25) is 0 Å². The summed E-state index contributed by atoms with van der Waals surface area (Å²) in [6, 6.07) is 7.50. The summed E-state index contributed by atoms with van der Waals surface area (Å²) in [5.74, 6) is 0.725. The summed E-state index contributed by atoms with van der Waals surface area (Å²) >= 11 is 0. The van der Waals surface area contributed by atoms with E-state index in [1.165, 1.54) is 0 Å². The van der Waals surface area contributed by atoms with Gasteiger partial charge in [0.15, 0.2) is 0 Å². The molecule has 1 atom stereocenters. The predicted molar refractivity (Wildman–Crippen MR) is 117 cm³/mol. The molecule has 1 unspecified atom stereocenters. The number of hydrogen-bond acceptors (Lipinski definition) is 4. The van der Waals surface area contributed by atoms with Crippen LogP contribution >= 0.6 is 0 Å². The summed E-state index contributed by atoms with van der Waals surface area (Å²) in [6.45, 7) is 14.9. The first kappa shape index (κ1) is 23.2. The van der Waals surface area contributed by atoms with Gasteiger partial charge in [-0.3, -0.25) is 9.59 Å². The fraction of sp³-hybridized carbons (Fsp3) is 0.652. The van der Waals surface area contributed by atoms with Crippen LogP contribution < -0.4 is 10.1 Å². The monoisotopic (exact) mass is 403 g/mol. The number of piperidine rings is 1. The Labute approximate surface area is 175 Å². The summed E-state index contributed by atoms with van der Waals surface area (Å²) in [4.78, 5) is 29.4. The Bertz CT molecular complexity index is 663. The van der Waals surface area contributed by atoms with Crippen molar-refractivity contribution in [2.24, 2.45) is 11.3 Å². The van der Waals surface area contributed by atoms with Crippen LogP contribution in [-0.2, 0) is 9.59 Å². The van der Waals surface area contributed by atoms with Crippen molar-refractivity contribution in [3.8, 4) is 5.75 Å². The molecule has 1 fully saturated rings. The lowest BCUT2D eigenvalue weighted by molar-refractivity contribution is -0.142. The number of nitrogens with one attached hydrogen (secondary N) is 1. The Kier molecular flexibility index (Phi) is 8.50. The molecular weight excluding hydrogens is 366 g/mol. The highest BCUT2D eigenvalue weighted by Crippen LogP contribution is 2.25. The number of hydrogen-bond donors (Lipinski definition) is 1. The maximum atomic E-state index is 12.7. The minimum Gasteiger partial charge on any atom is -0.492 e. The van der Waals surface area contributed by atoms with E-state index in [1.807, 2.05) is 49.9 Å². The highest BCUT2D eigenvalue weighted by Gasteiger charge is 2.33. The van der Waals surface area contributed by atoms with Crippen molar-refractivity contribution >= 4 is 17.5 Å². The number of carbonyl (C=O) groups excluding carboxylic acids is 2. The molecule has 6 nitrogen and oxygen atoms in total. The fourth-order valence-corrected chi connectivity index (χ4v) is 3.56. The second kappa shape index (κ2) is 10.6. The maximum Gasteiger partial charge on any atom is 0.229 e. The van der Waals surface area contributed by atoms with Gasteiger partial charge in [0.25, 0.3) is 0 Å². The van der Waals surface area contributed by atoms with Crippen LogP contribution in [0.4, 0.5) is 5.69 Å². The van der Waals surface area contributed by atoms with E-state index in [-0.39, 0.29) is 17.7 Å². The molecule has 2 rings (SSSR count). The average molecular weight is 404 g/mol. The summed E-state index contributed by atoms with van der Waals surface area (Å²) in [5.41, 5.74) is 0.338. The van der Waals surface area contributed by atoms with Crippen LogP contribution in [0.3, 0.4) is 0 Å². The minimum atomic E-state index is -0.417. The molecule has 1 N–H and O–H groups in total. The molecule has 1 aromatic carbocycles. The molecule has 0 aromatic heterocycles. The number of carbonyl (C=O) groups is 2. The van der Waals surface area contributed by atoms with Crippen LogP contribution in [-0.4, -0.2) is 60.9 Å². The lowest BCUT2D eigenvalue weighted by Gasteiger charge is -2.35. The molecular formula is C23H37N3O3. The summed E-state index contributed by atoms with van der Waals surface area (Å²) in [5, 5.41) is 2.99. The van der Waals surface area contributed by atoms with Gasteiger partial charge < -0.3 is 19.9 Å². The number of likely N-dealkylation sites (tertiary alicyclic amines) is 1. The number of anilines is 1. The lowest BCUT2D eigenvalue weighted by atomic mass is 9.91. The topological polar surface area (TPSA) is 61.9 Å². The Morgan fingerprint density at radius 2 is 1.83 bits per heavy atom. The summed E-state index contributed by atoms with van der Waals surface area (Å²) in [7, 11) is 0. The zero-order valence-electron chi connectivity index (χ0n) is 18.7. The van der Waals surface area contributed by atoms with Gasteiger partial charge in [-0.15, -0.1) is 0 Å². The third-order valence-electron chi connectivity index (χ3n) is 5.41. The van der Waals surface area contributed by atoms with Gasteiger partial charge in [0.1, 0.15) is 12.4 Å². The number of benzene rings is 1. The Hall–Kier alpha value is -2.08. The highest BCUT2D eigenvalue weighted by molar-refractivity contribution is 5.93. The molecule has 2 amide bonds. The zero-order chi connectivity index (χ0) is 21.4. The summed E-state index contributed by atoms with van der Waals surface area (Å²) in [6.07, 6.45) is 1.67. The third-order valence-corrected chi connectivity index (χ3v) is 5.41. The molecule has 29 heavy (non-hydrogen) atoms. The Morgan fingerprint density at radius 3 is 2.41 bits per heavy atom. The molecule has 6 heteroatoms. The van der Waals surface area contributed by atoms with E-state index in [2.05, 4.69) is 24.1 Å². The van der Waals surface area contributed by atoms with E-state index >= 15 is 0 Å². The van der Waals surface area contributed by atoms with Crippen molar-refractivity contribution in [3.05, 3.63) is 24.3 Å². The van der Waals surface area contributed by atoms with E-state index in [0.717, 1.165) is 50.5 Å². The van der Waals surface area contributed by atoms with Crippen LogP contribution in [0.1, 0.15) is 47.5 Å². The van der Waals surface area contributed by atoms with Gasteiger partial charge in [0.2, 0.25) is 11.8 Å². The van der Waals surface area contributed by atoms with Crippen LogP contribution in [0.5, 0.6) is 5.75 Å². The van der Waals surface area contributed by atoms with Gasteiger partial charge in [-0.25, -0.2) is 0 Å². The van der Waals surface area contributed by atoms with E-state index in [4.69, 9.17) is 4.74 Å². The number of nitrogens with zero attached hydrogens (tertiary/aromatic N) is 2. The largest absolute Gasteiger partial charge is 0.492 e. The second-order valence-corrected chi connectivity index (χ2v) is 8.73. The highest BCUT2D eigenvalue weighted by atomic mass is 16.5. The average Bonchev–Trinajstić information content (AvgIpc) is 2.71. The molecule has 162 valence electrons. The molecule has 0 spiro atoms. The van der Waals surface area contributed by atoms with Crippen molar-refractivity contribution in [2.45, 2.75) is 47.5 Å². The van der Waals surface area contributed by atoms with Gasteiger partial charge in [0, 0.05) is 30.7 Å². The fourth-order valence-electron chi connectivity index (χ4n) is 3.56. The Morgan fingerprint density at radius 1 is 1.17 bits per heavy atom. The molecule has 1 aromatic rings. The van der Waals surface area contributed by atoms with Gasteiger partial charge >= 0.3 is 0 Å². The molecule has 0 bridgehead atoms. The van der Waals surface area contributed by atoms with Crippen molar-refractivity contribution < 1.29 is 14.3 Å². The molecule has 0 saturated carbocycles. The molecule has 1 saturated heterocycles.